The number of ether oxygens (including phenoxy) is 2. The Morgan fingerprint density at radius 3 is 2.71 bits per heavy atom. The fraction of sp³-hybridized carbons (Fsp3) is 0.179. The van der Waals surface area contributed by atoms with Crippen molar-refractivity contribution in [2.45, 2.75) is 19.3 Å². The highest BCUT2D eigenvalue weighted by atomic mass is 32.1. The van der Waals surface area contributed by atoms with Crippen LogP contribution in [-0.2, 0) is 6.42 Å². The van der Waals surface area contributed by atoms with Crippen LogP contribution in [0.1, 0.15) is 28.8 Å². The second-order valence-electron chi connectivity index (χ2n) is 8.52. The van der Waals surface area contributed by atoms with Gasteiger partial charge in [0.15, 0.2) is 28.9 Å². The van der Waals surface area contributed by atoms with Gasteiger partial charge in [-0.05, 0) is 42.7 Å². The van der Waals surface area contributed by atoms with Crippen molar-refractivity contribution in [3.8, 4) is 22.9 Å². The van der Waals surface area contributed by atoms with Gasteiger partial charge in [-0.3, -0.25) is 9.59 Å². The Morgan fingerprint density at radius 1 is 1.03 bits per heavy atom. The number of pyridine rings is 1. The lowest BCUT2D eigenvalue weighted by Gasteiger charge is -2.12. The number of H-pyrrole nitrogens is 1. The number of anilines is 2. The van der Waals surface area contributed by atoms with Gasteiger partial charge in [-0.25, -0.2) is 15.0 Å². The van der Waals surface area contributed by atoms with Crippen LogP contribution in [0.2, 0.25) is 0 Å². The number of hydrogen-bond acceptors (Lipinski definition) is 9. The van der Waals surface area contributed by atoms with Crippen LogP contribution in [0.25, 0.3) is 21.7 Å². The van der Waals surface area contributed by atoms with E-state index in [4.69, 9.17) is 19.4 Å². The maximum absolute atomic E-state index is 12.9. The molecule has 0 unspecified atom stereocenters. The monoisotopic (exact) mass is 527 g/mol. The Balaban J connectivity index is 1.38. The third-order valence-electron chi connectivity index (χ3n) is 6.00. The van der Waals surface area contributed by atoms with Gasteiger partial charge in [0.2, 0.25) is 5.56 Å². The summed E-state index contributed by atoms with van der Waals surface area (Å²) in [6.07, 6.45) is 3.30. The Hall–Kier alpha value is -4.57. The van der Waals surface area contributed by atoms with Crippen LogP contribution in [0.5, 0.6) is 11.5 Å². The van der Waals surface area contributed by atoms with E-state index in [1.165, 1.54) is 11.3 Å². The summed E-state index contributed by atoms with van der Waals surface area (Å²) in [7, 11) is 3.17. The molecule has 0 bridgehead atoms. The topological polar surface area (TPSA) is 119 Å². The molecular weight excluding hydrogens is 502 g/mol. The van der Waals surface area contributed by atoms with Gasteiger partial charge in [-0.1, -0.05) is 18.2 Å². The predicted octanol–water partition coefficient (Wildman–Crippen LogP) is 5.41. The average Bonchev–Trinajstić information content (AvgIpc) is 3.42. The van der Waals surface area contributed by atoms with Gasteiger partial charge in [0.25, 0.3) is 0 Å². The van der Waals surface area contributed by atoms with Gasteiger partial charge in [-0.15, -0.1) is 11.3 Å². The third-order valence-corrected chi connectivity index (χ3v) is 6.71. The second kappa shape index (κ2) is 11.2. The molecule has 0 radical (unpaired) electrons. The number of nitrogens with one attached hydrogen (secondary N) is 2. The molecule has 0 spiro atoms. The normalized spacial score (nSPS) is 10.9. The molecule has 10 heteroatoms. The molecule has 38 heavy (non-hydrogen) atoms. The molecule has 0 saturated heterocycles. The molecule has 5 rings (SSSR count). The van der Waals surface area contributed by atoms with Crippen LogP contribution >= 0.6 is 11.3 Å². The number of ketones is 1. The standard InChI is InChI=1S/C28H25N5O4S/c1-36-22-10-9-20(15-23(22)37-2)31-27-25-28(38-16-30-25)33-26(32-27)19-7-4-6-18(14-19)21(34)8-3-5-17-11-12-29-24(35)13-17/h4,6-7,9-16H,3,5,8H2,1-2H3,(H,29,35)(H,31,32,33). The van der Waals surface area contributed by atoms with E-state index < -0.39 is 0 Å². The minimum Gasteiger partial charge on any atom is -0.493 e. The molecule has 0 aliphatic carbocycles. The fourth-order valence-corrected chi connectivity index (χ4v) is 4.76. The molecule has 0 fully saturated rings. The number of benzene rings is 2. The SMILES string of the molecule is COc1ccc(Nc2nc(-c3cccc(C(=O)CCCc4cc[nH]c(=O)c4)c3)nc3scnc23)cc1OC. The molecular formula is C28H25N5O4S. The van der Waals surface area contributed by atoms with Gasteiger partial charge in [0.05, 0.1) is 19.7 Å². The molecule has 0 aliphatic rings. The van der Waals surface area contributed by atoms with Crippen LogP contribution < -0.4 is 20.3 Å². The van der Waals surface area contributed by atoms with E-state index in [0.29, 0.717) is 53.5 Å². The van der Waals surface area contributed by atoms with E-state index in [-0.39, 0.29) is 11.3 Å². The number of rotatable bonds is 10. The van der Waals surface area contributed by atoms with Crippen molar-refractivity contribution in [3.05, 3.63) is 87.8 Å². The zero-order chi connectivity index (χ0) is 26.5. The number of Topliss-reactive ketones (excluding diaryl/α,β-unsaturated/α-hetero) is 1. The number of aromatic nitrogens is 4. The van der Waals surface area contributed by atoms with E-state index in [9.17, 15) is 9.59 Å². The van der Waals surface area contributed by atoms with Crippen LogP contribution in [0, 0.1) is 0 Å². The van der Waals surface area contributed by atoms with Crippen molar-refractivity contribution >= 4 is 39.0 Å². The molecule has 0 aliphatic heterocycles. The molecule has 2 aromatic carbocycles. The molecule has 3 aromatic heterocycles. The van der Waals surface area contributed by atoms with Crippen molar-refractivity contribution < 1.29 is 14.3 Å². The van der Waals surface area contributed by atoms with Gasteiger partial charge in [-0.2, -0.15) is 0 Å². The number of aromatic amines is 1. The fourth-order valence-electron chi connectivity index (χ4n) is 4.10. The highest BCUT2D eigenvalue weighted by molar-refractivity contribution is 7.16. The molecule has 3 heterocycles. The summed E-state index contributed by atoms with van der Waals surface area (Å²) in [6.45, 7) is 0. The van der Waals surface area contributed by atoms with Gasteiger partial charge >= 0.3 is 0 Å². The highest BCUT2D eigenvalue weighted by Gasteiger charge is 2.15. The van der Waals surface area contributed by atoms with Crippen molar-refractivity contribution in [2.24, 2.45) is 0 Å². The van der Waals surface area contributed by atoms with Crippen molar-refractivity contribution in [1.29, 1.82) is 0 Å². The predicted molar refractivity (Wildman–Crippen MR) is 148 cm³/mol. The van der Waals surface area contributed by atoms with E-state index >= 15 is 0 Å². The van der Waals surface area contributed by atoms with E-state index in [2.05, 4.69) is 15.3 Å². The summed E-state index contributed by atoms with van der Waals surface area (Å²) in [5.74, 6) is 2.28. The zero-order valence-electron chi connectivity index (χ0n) is 20.9. The zero-order valence-corrected chi connectivity index (χ0v) is 21.7. The molecule has 0 atom stereocenters. The van der Waals surface area contributed by atoms with Crippen LogP contribution in [0.3, 0.4) is 0 Å². The first kappa shape index (κ1) is 25.1. The Bertz CT molecular complexity index is 1660. The van der Waals surface area contributed by atoms with E-state index in [0.717, 1.165) is 21.6 Å². The van der Waals surface area contributed by atoms with Crippen molar-refractivity contribution in [2.75, 3.05) is 19.5 Å². The molecule has 9 nitrogen and oxygen atoms in total. The molecule has 2 N–H and O–H groups in total. The van der Waals surface area contributed by atoms with Gasteiger partial charge in [0, 0.05) is 41.6 Å². The number of carbonyl (C=O) groups excluding carboxylic acids is 1. The first-order valence-electron chi connectivity index (χ1n) is 12.0. The van der Waals surface area contributed by atoms with Crippen LogP contribution in [0.15, 0.2) is 71.1 Å². The number of fused-ring (bicyclic) bond motifs is 1. The summed E-state index contributed by atoms with van der Waals surface area (Å²) in [5, 5.41) is 3.32. The Labute approximate surface area is 222 Å². The van der Waals surface area contributed by atoms with Gasteiger partial charge in [0.1, 0.15) is 10.3 Å². The molecule has 5 aromatic rings. The molecule has 192 valence electrons. The van der Waals surface area contributed by atoms with Crippen molar-refractivity contribution in [1.82, 2.24) is 19.9 Å². The first-order chi connectivity index (χ1) is 18.5. The minimum absolute atomic E-state index is 0.0271. The molecule has 0 amide bonds. The summed E-state index contributed by atoms with van der Waals surface area (Å²) < 4.78 is 10.7. The average molecular weight is 528 g/mol. The summed E-state index contributed by atoms with van der Waals surface area (Å²) in [6, 6.07) is 16.3. The largest absolute Gasteiger partial charge is 0.493 e. The molecule has 0 saturated carbocycles. The lowest BCUT2D eigenvalue weighted by molar-refractivity contribution is 0.0980. The maximum Gasteiger partial charge on any atom is 0.248 e. The maximum atomic E-state index is 12.9. The Morgan fingerprint density at radius 2 is 1.89 bits per heavy atom. The van der Waals surface area contributed by atoms with E-state index in [1.807, 2.05) is 42.5 Å². The number of thiazole rings is 1. The number of hydrogen-bond donors (Lipinski definition) is 2. The number of methoxy groups -OCH3 is 2. The second-order valence-corrected chi connectivity index (χ2v) is 9.35. The summed E-state index contributed by atoms with van der Waals surface area (Å²) in [4.78, 5) is 41.6. The van der Waals surface area contributed by atoms with Crippen LogP contribution in [0.4, 0.5) is 11.5 Å². The number of carbonyl (C=O) groups is 1. The smallest absolute Gasteiger partial charge is 0.248 e. The quantitative estimate of drug-likeness (QED) is 0.232. The number of nitrogens with zero attached hydrogens (tertiary/aromatic N) is 3. The highest BCUT2D eigenvalue weighted by Crippen LogP contribution is 2.33. The number of aryl methyl sites for hydroxylation is 1. The van der Waals surface area contributed by atoms with Gasteiger partial charge < -0.3 is 19.8 Å². The van der Waals surface area contributed by atoms with E-state index in [1.54, 1.807) is 38.1 Å². The third kappa shape index (κ3) is 5.55. The van der Waals surface area contributed by atoms with Crippen molar-refractivity contribution in [3.63, 3.8) is 0 Å². The first-order valence-corrected chi connectivity index (χ1v) is 12.8. The lowest BCUT2D eigenvalue weighted by Crippen LogP contribution is -2.05. The van der Waals surface area contributed by atoms with Crippen LogP contribution in [-0.4, -0.2) is 39.9 Å². The minimum atomic E-state index is -0.139. The Kier molecular flexibility index (Phi) is 7.41. The summed E-state index contributed by atoms with van der Waals surface area (Å²) in [5.41, 5.74) is 5.23. The lowest BCUT2D eigenvalue weighted by atomic mass is 10.0. The summed E-state index contributed by atoms with van der Waals surface area (Å²) >= 11 is 1.42.